The highest BCUT2D eigenvalue weighted by Gasteiger charge is 2.44. The zero-order valence-corrected chi connectivity index (χ0v) is 10.0. The number of aryl methyl sites for hydroxylation is 1. The summed E-state index contributed by atoms with van der Waals surface area (Å²) >= 11 is 0. The second-order valence-corrected chi connectivity index (χ2v) is 4.14. The quantitative estimate of drug-likeness (QED) is 0.361. The van der Waals surface area contributed by atoms with Crippen molar-refractivity contribution in [2.75, 3.05) is 6.61 Å². The number of nitrogens with zero attached hydrogens (tertiary/aromatic N) is 4. The van der Waals surface area contributed by atoms with Crippen LogP contribution in [-0.4, -0.2) is 44.6 Å². The zero-order chi connectivity index (χ0) is 17.4. The fourth-order valence-corrected chi connectivity index (χ4v) is 1.99. The molecule has 10 heteroatoms. The van der Waals surface area contributed by atoms with Crippen molar-refractivity contribution < 1.29 is 19.1 Å². The second kappa shape index (κ2) is 5.47. The predicted octanol–water partition coefficient (Wildman–Crippen LogP) is -1.23. The molecule has 0 amide bonds. The van der Waals surface area contributed by atoms with Crippen LogP contribution in [0.15, 0.2) is 20.9 Å². The largest absolute Gasteiger partial charge is 0.394 e. The Morgan fingerprint density at radius 3 is 3.05 bits per heavy atom. The van der Waals surface area contributed by atoms with Gasteiger partial charge >= 0.3 is 5.69 Å². The third-order valence-corrected chi connectivity index (χ3v) is 2.94. The topological polar surface area (TPSA) is 153 Å². The second-order valence-electron chi connectivity index (χ2n) is 4.14. The van der Waals surface area contributed by atoms with Gasteiger partial charge in [0.05, 0.1) is 18.8 Å². The molecule has 1 saturated heterocycles. The Balaban J connectivity index is 2.52. The fourth-order valence-electron chi connectivity index (χ4n) is 1.99. The average molecular weight is 286 g/mol. The standard InChI is InChI=1S/C10H13N5O5/c1-4-2-15(10(19)12-8(4)18)9-7(17)6(13-14-11)5(3-16)20-9/h2,5-7,9,16-17H,3H2,1H3,(H,12,18,19)/t5-,6-,7-,9-/m1/s1/i1D3. The van der Waals surface area contributed by atoms with Gasteiger partial charge in [0.15, 0.2) is 6.23 Å². The van der Waals surface area contributed by atoms with Crippen molar-refractivity contribution in [2.45, 2.75) is 31.3 Å². The van der Waals surface area contributed by atoms with Gasteiger partial charge in [-0.05, 0) is 12.4 Å². The number of H-pyrrole nitrogens is 1. The summed E-state index contributed by atoms with van der Waals surface area (Å²) in [5.74, 6) is 0. The summed E-state index contributed by atoms with van der Waals surface area (Å²) in [6.45, 7) is -3.38. The number of hydrogen-bond acceptors (Lipinski definition) is 6. The summed E-state index contributed by atoms with van der Waals surface area (Å²) in [6, 6.07) is -1.18. The molecule has 108 valence electrons. The highest BCUT2D eigenvalue weighted by Crippen LogP contribution is 2.30. The maximum absolute atomic E-state index is 11.9. The van der Waals surface area contributed by atoms with Crippen LogP contribution in [0.5, 0.6) is 0 Å². The van der Waals surface area contributed by atoms with Gasteiger partial charge in [-0.25, -0.2) is 4.79 Å². The molecule has 1 fully saturated rings. The van der Waals surface area contributed by atoms with Crippen LogP contribution in [0, 0.1) is 6.85 Å². The van der Waals surface area contributed by atoms with E-state index in [1.54, 1.807) is 0 Å². The molecule has 1 aromatic heterocycles. The molecule has 1 aromatic rings. The lowest BCUT2D eigenvalue weighted by Crippen LogP contribution is -2.38. The predicted molar refractivity (Wildman–Crippen MR) is 66.0 cm³/mol. The molecule has 0 aliphatic carbocycles. The molecule has 2 heterocycles. The number of aromatic nitrogens is 2. The van der Waals surface area contributed by atoms with Crippen molar-refractivity contribution in [1.29, 1.82) is 0 Å². The first kappa shape index (κ1) is 10.6. The maximum atomic E-state index is 11.9. The summed E-state index contributed by atoms with van der Waals surface area (Å²) in [5, 5.41) is 22.6. The first-order valence-electron chi connectivity index (χ1n) is 7.05. The Labute approximate surface area is 116 Å². The molecule has 0 saturated carbocycles. The monoisotopic (exact) mass is 286 g/mol. The van der Waals surface area contributed by atoms with E-state index < -0.39 is 54.7 Å². The van der Waals surface area contributed by atoms with Gasteiger partial charge in [0.25, 0.3) is 5.56 Å². The maximum Gasteiger partial charge on any atom is 0.330 e. The molecule has 1 aliphatic rings. The number of ether oxygens (including phenoxy) is 1. The van der Waals surface area contributed by atoms with Crippen LogP contribution in [0.4, 0.5) is 0 Å². The first-order chi connectivity index (χ1) is 10.7. The molecule has 10 nitrogen and oxygen atoms in total. The third kappa shape index (κ3) is 2.32. The van der Waals surface area contributed by atoms with E-state index in [2.05, 4.69) is 10.0 Å². The number of aliphatic hydroxyl groups is 2. The highest BCUT2D eigenvalue weighted by molar-refractivity contribution is 5.04. The van der Waals surface area contributed by atoms with Gasteiger partial charge in [0.1, 0.15) is 6.10 Å². The van der Waals surface area contributed by atoms with Crippen molar-refractivity contribution in [3.63, 3.8) is 0 Å². The van der Waals surface area contributed by atoms with E-state index in [9.17, 15) is 19.8 Å². The van der Waals surface area contributed by atoms with Crippen molar-refractivity contribution in [1.82, 2.24) is 9.55 Å². The van der Waals surface area contributed by atoms with E-state index >= 15 is 0 Å². The summed E-state index contributed by atoms with van der Waals surface area (Å²) in [6.07, 6.45) is -3.26. The molecule has 0 bridgehead atoms. The van der Waals surface area contributed by atoms with Gasteiger partial charge in [-0.1, -0.05) is 5.11 Å². The SMILES string of the molecule is [2H]C([2H])([2H])c1cn([C@@H]2O[C@H](CO)[C@@H](N=[N+]=[N-])[C@H]2O)c(=O)[nH]c1=O. The minimum Gasteiger partial charge on any atom is -0.394 e. The Kier molecular flexibility index (Phi) is 2.91. The molecule has 3 N–H and O–H groups in total. The molecule has 0 unspecified atom stereocenters. The number of aliphatic hydroxyl groups excluding tert-OH is 2. The van der Waals surface area contributed by atoms with Crippen LogP contribution in [0.25, 0.3) is 10.4 Å². The molecule has 20 heavy (non-hydrogen) atoms. The van der Waals surface area contributed by atoms with E-state index in [0.717, 1.165) is 6.20 Å². The first-order valence-corrected chi connectivity index (χ1v) is 5.55. The molecular weight excluding hydrogens is 270 g/mol. The van der Waals surface area contributed by atoms with Crippen molar-refractivity contribution in [3.8, 4) is 0 Å². The zero-order valence-electron chi connectivity index (χ0n) is 13.0. The van der Waals surface area contributed by atoms with E-state index in [-0.39, 0.29) is 0 Å². The van der Waals surface area contributed by atoms with E-state index in [0.29, 0.717) is 4.57 Å². The van der Waals surface area contributed by atoms with Gasteiger partial charge in [0, 0.05) is 20.8 Å². The lowest BCUT2D eigenvalue weighted by molar-refractivity contribution is -0.0532. The minimum absolute atomic E-state index is 0.596. The van der Waals surface area contributed by atoms with E-state index in [4.69, 9.17) is 14.4 Å². The summed E-state index contributed by atoms with van der Waals surface area (Å²) in [4.78, 5) is 27.8. The van der Waals surface area contributed by atoms with Crippen molar-refractivity contribution >= 4 is 0 Å². The average Bonchev–Trinajstić information content (AvgIpc) is 2.75. The van der Waals surface area contributed by atoms with Gasteiger partial charge in [0.2, 0.25) is 0 Å². The summed E-state index contributed by atoms with van der Waals surface area (Å²) in [7, 11) is 0. The van der Waals surface area contributed by atoms with Crippen molar-refractivity contribution in [2.24, 2.45) is 5.11 Å². The Morgan fingerprint density at radius 2 is 2.45 bits per heavy atom. The summed E-state index contributed by atoms with van der Waals surface area (Å²) in [5.41, 5.74) is 5.72. The van der Waals surface area contributed by atoms with E-state index in [1.807, 2.05) is 4.98 Å². The Bertz CT molecular complexity index is 752. The Morgan fingerprint density at radius 1 is 1.70 bits per heavy atom. The van der Waals surface area contributed by atoms with Crippen LogP contribution < -0.4 is 11.2 Å². The number of nitrogens with one attached hydrogen (secondary N) is 1. The lowest BCUT2D eigenvalue weighted by Gasteiger charge is -2.17. The van der Waals surface area contributed by atoms with Gasteiger partial charge in [-0.15, -0.1) is 0 Å². The third-order valence-electron chi connectivity index (χ3n) is 2.94. The summed E-state index contributed by atoms with van der Waals surface area (Å²) < 4.78 is 27.8. The molecule has 4 atom stereocenters. The highest BCUT2D eigenvalue weighted by atomic mass is 16.5. The molecule has 1 aliphatic heterocycles. The Hall–Kier alpha value is -2.13. The van der Waals surface area contributed by atoms with Crippen LogP contribution in [-0.2, 0) is 4.74 Å². The minimum atomic E-state index is -2.78. The van der Waals surface area contributed by atoms with Crippen LogP contribution in [0.3, 0.4) is 0 Å². The number of hydrogen-bond donors (Lipinski definition) is 3. The van der Waals surface area contributed by atoms with Crippen LogP contribution >= 0.6 is 0 Å². The number of aromatic amines is 1. The number of rotatable bonds is 3. The normalized spacial score (nSPS) is 32.0. The molecular formula is C10H13N5O5. The van der Waals surface area contributed by atoms with Crippen LogP contribution in [0.1, 0.15) is 15.9 Å². The number of azide groups is 1. The molecule has 0 aromatic carbocycles. The lowest BCUT2D eigenvalue weighted by atomic mass is 10.1. The van der Waals surface area contributed by atoms with Crippen molar-refractivity contribution in [3.05, 3.63) is 43.0 Å². The molecule has 0 radical (unpaired) electrons. The van der Waals surface area contributed by atoms with Gasteiger partial charge in [-0.2, -0.15) is 0 Å². The molecule has 2 rings (SSSR count). The van der Waals surface area contributed by atoms with E-state index in [1.165, 1.54) is 0 Å². The smallest absolute Gasteiger partial charge is 0.330 e. The van der Waals surface area contributed by atoms with Crippen LogP contribution in [0.2, 0.25) is 0 Å². The van der Waals surface area contributed by atoms with Gasteiger partial charge in [-0.3, -0.25) is 14.3 Å². The molecule has 0 spiro atoms. The fraction of sp³-hybridized carbons (Fsp3) is 0.600. The van der Waals surface area contributed by atoms with Gasteiger partial charge < -0.3 is 14.9 Å².